The third-order valence-electron chi connectivity index (χ3n) is 4.21. The van der Waals surface area contributed by atoms with E-state index in [1.54, 1.807) is 72.8 Å². The number of halogens is 1. The Hall–Kier alpha value is -2.63. The van der Waals surface area contributed by atoms with E-state index < -0.39 is 15.8 Å². The lowest BCUT2D eigenvalue weighted by Gasteiger charge is -2.07. The van der Waals surface area contributed by atoms with Crippen molar-refractivity contribution in [2.24, 2.45) is 0 Å². The number of rotatable bonds is 6. The van der Waals surface area contributed by atoms with Crippen LogP contribution in [0.25, 0.3) is 0 Å². The summed E-state index contributed by atoms with van der Waals surface area (Å²) in [5.41, 5.74) is 2.80. The molecule has 3 aromatic rings. The smallest absolute Gasteiger partial charge is 0.338 e. The summed E-state index contributed by atoms with van der Waals surface area (Å²) in [4.78, 5) is 12.5. The van der Waals surface area contributed by atoms with Crippen molar-refractivity contribution in [1.82, 2.24) is 0 Å². The summed E-state index contributed by atoms with van der Waals surface area (Å²) in [5.74, 6) is -0.598. The molecular weight excluding hydrogens is 396 g/mol. The summed E-state index contributed by atoms with van der Waals surface area (Å²) in [7, 11) is -3.44. The Bertz CT molecular complexity index is 1060. The lowest BCUT2D eigenvalue weighted by molar-refractivity contribution is 0.0472. The molecule has 0 radical (unpaired) electrons. The van der Waals surface area contributed by atoms with Gasteiger partial charge >= 0.3 is 5.97 Å². The van der Waals surface area contributed by atoms with Crippen LogP contribution >= 0.6 is 11.6 Å². The molecule has 0 heterocycles. The molecule has 0 saturated heterocycles. The van der Waals surface area contributed by atoms with E-state index in [0.717, 1.165) is 11.1 Å². The largest absolute Gasteiger partial charge is 0.457 e. The zero-order chi connectivity index (χ0) is 20.1. The first-order chi connectivity index (χ1) is 13.3. The highest BCUT2D eigenvalue weighted by Crippen LogP contribution is 2.18. The summed E-state index contributed by atoms with van der Waals surface area (Å²) < 4.78 is 30.3. The normalized spacial score (nSPS) is 11.2. The first kappa shape index (κ1) is 20.1. The van der Waals surface area contributed by atoms with E-state index in [-0.39, 0.29) is 17.3 Å². The third kappa shape index (κ3) is 5.21. The van der Waals surface area contributed by atoms with Crippen LogP contribution in [-0.4, -0.2) is 14.4 Å². The quantitative estimate of drug-likeness (QED) is 0.534. The number of esters is 1. The van der Waals surface area contributed by atoms with Crippen LogP contribution in [0.4, 0.5) is 0 Å². The van der Waals surface area contributed by atoms with Gasteiger partial charge in [0.2, 0.25) is 0 Å². The standard InChI is InChI=1S/C22H19ClO4S/c1-16-2-12-21(13-3-16)28(25,26)15-18-4-8-19(9-5-18)22(24)27-14-17-6-10-20(23)11-7-17/h2-13H,14-15H2,1H3. The predicted molar refractivity (Wildman–Crippen MR) is 109 cm³/mol. The molecule has 0 aliphatic carbocycles. The van der Waals surface area contributed by atoms with Gasteiger partial charge in [0.15, 0.2) is 9.84 Å². The number of benzene rings is 3. The Kier molecular flexibility index (Phi) is 6.17. The van der Waals surface area contributed by atoms with E-state index in [1.807, 2.05) is 6.92 Å². The number of carbonyl (C=O) groups is 1. The topological polar surface area (TPSA) is 60.4 Å². The molecular formula is C22H19ClO4S. The van der Waals surface area contributed by atoms with Gasteiger partial charge in [-0.25, -0.2) is 13.2 Å². The van der Waals surface area contributed by atoms with E-state index >= 15 is 0 Å². The van der Waals surface area contributed by atoms with Gasteiger partial charge in [0.05, 0.1) is 16.2 Å². The lowest BCUT2D eigenvalue weighted by atomic mass is 10.1. The summed E-state index contributed by atoms with van der Waals surface area (Å²) >= 11 is 5.83. The third-order valence-corrected chi connectivity index (χ3v) is 6.17. The Balaban J connectivity index is 1.63. The van der Waals surface area contributed by atoms with Crippen molar-refractivity contribution in [3.8, 4) is 0 Å². The highest BCUT2D eigenvalue weighted by Gasteiger charge is 2.16. The number of carbonyl (C=O) groups excluding carboxylic acids is 1. The van der Waals surface area contributed by atoms with Gasteiger partial charge in [0.1, 0.15) is 6.61 Å². The molecule has 0 amide bonds. The van der Waals surface area contributed by atoms with Crippen molar-refractivity contribution in [3.63, 3.8) is 0 Å². The molecule has 0 aromatic heterocycles. The molecule has 3 rings (SSSR count). The van der Waals surface area contributed by atoms with Crippen molar-refractivity contribution in [1.29, 1.82) is 0 Å². The molecule has 4 nitrogen and oxygen atoms in total. The molecule has 3 aromatic carbocycles. The lowest BCUT2D eigenvalue weighted by Crippen LogP contribution is -2.07. The average molecular weight is 415 g/mol. The molecule has 0 atom stereocenters. The van der Waals surface area contributed by atoms with E-state index in [2.05, 4.69) is 0 Å². The molecule has 0 aliphatic rings. The molecule has 28 heavy (non-hydrogen) atoms. The molecule has 0 bridgehead atoms. The van der Waals surface area contributed by atoms with E-state index in [9.17, 15) is 13.2 Å². The first-order valence-electron chi connectivity index (χ1n) is 8.63. The molecule has 0 fully saturated rings. The fourth-order valence-corrected chi connectivity index (χ4v) is 4.07. The van der Waals surface area contributed by atoms with Crippen LogP contribution in [0.1, 0.15) is 27.0 Å². The Morgan fingerprint density at radius 2 is 1.43 bits per heavy atom. The maximum atomic E-state index is 12.5. The molecule has 0 spiro atoms. The van der Waals surface area contributed by atoms with Gasteiger partial charge in [-0.1, -0.05) is 53.6 Å². The second-order valence-electron chi connectivity index (χ2n) is 6.47. The van der Waals surface area contributed by atoms with Crippen LogP contribution in [0.2, 0.25) is 5.02 Å². The molecule has 0 unspecified atom stereocenters. The van der Waals surface area contributed by atoms with Gasteiger partial charge in [0.25, 0.3) is 0 Å². The van der Waals surface area contributed by atoms with Crippen molar-refractivity contribution >= 4 is 27.4 Å². The van der Waals surface area contributed by atoms with E-state index in [4.69, 9.17) is 16.3 Å². The number of ether oxygens (including phenoxy) is 1. The summed E-state index contributed by atoms with van der Waals surface area (Å²) in [6.07, 6.45) is 0. The monoisotopic (exact) mass is 414 g/mol. The van der Waals surface area contributed by atoms with E-state index in [0.29, 0.717) is 16.1 Å². The van der Waals surface area contributed by atoms with Crippen LogP contribution in [-0.2, 0) is 26.9 Å². The van der Waals surface area contributed by atoms with Crippen LogP contribution in [0.5, 0.6) is 0 Å². The first-order valence-corrected chi connectivity index (χ1v) is 10.7. The maximum Gasteiger partial charge on any atom is 0.338 e. The van der Waals surface area contributed by atoms with Gasteiger partial charge < -0.3 is 4.74 Å². The minimum atomic E-state index is -3.44. The number of hydrogen-bond donors (Lipinski definition) is 0. The van der Waals surface area contributed by atoms with Gasteiger partial charge in [-0.2, -0.15) is 0 Å². The van der Waals surface area contributed by atoms with Crippen molar-refractivity contribution in [3.05, 3.63) is 100 Å². The highest BCUT2D eigenvalue weighted by molar-refractivity contribution is 7.90. The average Bonchev–Trinajstić information content (AvgIpc) is 2.68. The zero-order valence-electron chi connectivity index (χ0n) is 15.3. The van der Waals surface area contributed by atoms with E-state index in [1.165, 1.54) is 0 Å². The van der Waals surface area contributed by atoms with Gasteiger partial charge in [-0.15, -0.1) is 0 Å². The van der Waals surface area contributed by atoms with Crippen LogP contribution < -0.4 is 0 Å². The Labute approximate surface area is 169 Å². The molecule has 0 N–H and O–H groups in total. The summed E-state index contributed by atoms with van der Waals surface area (Å²) in [6, 6.07) is 20.2. The predicted octanol–water partition coefficient (Wildman–Crippen LogP) is 4.98. The molecule has 0 saturated carbocycles. The van der Waals surface area contributed by atoms with Crippen molar-refractivity contribution in [2.45, 2.75) is 24.2 Å². The number of aryl methyl sites for hydroxylation is 1. The minimum Gasteiger partial charge on any atom is -0.457 e. The number of hydrogen-bond acceptors (Lipinski definition) is 4. The van der Waals surface area contributed by atoms with Gasteiger partial charge in [-0.3, -0.25) is 0 Å². The fourth-order valence-electron chi connectivity index (χ4n) is 2.60. The minimum absolute atomic E-state index is 0.129. The van der Waals surface area contributed by atoms with Crippen molar-refractivity contribution in [2.75, 3.05) is 0 Å². The number of sulfone groups is 1. The summed E-state index contributed by atoms with van der Waals surface area (Å²) in [5, 5.41) is 0.617. The Morgan fingerprint density at radius 1 is 0.857 bits per heavy atom. The van der Waals surface area contributed by atoms with Crippen LogP contribution in [0, 0.1) is 6.92 Å². The fraction of sp³-hybridized carbons (Fsp3) is 0.136. The van der Waals surface area contributed by atoms with Crippen LogP contribution in [0.15, 0.2) is 77.7 Å². The Morgan fingerprint density at radius 3 is 2.04 bits per heavy atom. The van der Waals surface area contributed by atoms with Gasteiger partial charge in [0, 0.05) is 5.02 Å². The molecule has 144 valence electrons. The maximum absolute atomic E-state index is 12.5. The zero-order valence-corrected chi connectivity index (χ0v) is 16.8. The SMILES string of the molecule is Cc1ccc(S(=O)(=O)Cc2ccc(C(=O)OCc3ccc(Cl)cc3)cc2)cc1. The van der Waals surface area contributed by atoms with Gasteiger partial charge in [-0.05, 0) is 54.4 Å². The van der Waals surface area contributed by atoms with Crippen LogP contribution in [0.3, 0.4) is 0 Å². The summed E-state index contributed by atoms with van der Waals surface area (Å²) in [6.45, 7) is 2.04. The second-order valence-corrected chi connectivity index (χ2v) is 8.90. The molecule has 6 heteroatoms. The van der Waals surface area contributed by atoms with Crippen molar-refractivity contribution < 1.29 is 17.9 Å². The molecule has 0 aliphatic heterocycles. The second kappa shape index (κ2) is 8.59. The highest BCUT2D eigenvalue weighted by atomic mass is 35.5.